The van der Waals surface area contributed by atoms with Crippen LogP contribution in [0.5, 0.6) is 5.75 Å². The van der Waals surface area contributed by atoms with Crippen LogP contribution < -0.4 is 10.5 Å². The Morgan fingerprint density at radius 1 is 1.10 bits per heavy atom. The maximum atomic E-state index is 14.1. The van der Waals surface area contributed by atoms with Gasteiger partial charge in [0, 0.05) is 36.6 Å². The Balaban J connectivity index is 1.88. The molecule has 2 N–H and O–H groups in total. The van der Waals surface area contributed by atoms with E-state index in [1.807, 2.05) is 30.3 Å². The van der Waals surface area contributed by atoms with Crippen molar-refractivity contribution in [1.82, 2.24) is 4.90 Å². The summed E-state index contributed by atoms with van der Waals surface area (Å²) >= 11 is 0. The second kappa shape index (κ2) is 15.2. The van der Waals surface area contributed by atoms with E-state index in [0.29, 0.717) is 36.6 Å². The lowest BCUT2D eigenvalue weighted by Gasteiger charge is -2.24. The summed E-state index contributed by atoms with van der Waals surface area (Å²) in [6, 6.07) is 11.2. The Morgan fingerprint density at radius 2 is 1.85 bits per heavy atom. The summed E-state index contributed by atoms with van der Waals surface area (Å²) in [5, 5.41) is 0. The largest absolute Gasteiger partial charge is 0.494 e. The number of benzene rings is 2. The van der Waals surface area contributed by atoms with E-state index in [1.165, 1.54) is 32.0 Å². The number of aryl methyl sites for hydroxylation is 1. The molecule has 4 nitrogen and oxygen atoms in total. The molecule has 1 heterocycles. The van der Waals surface area contributed by atoms with E-state index in [1.54, 1.807) is 6.92 Å². The van der Waals surface area contributed by atoms with Gasteiger partial charge in [-0.15, -0.1) is 0 Å². The lowest BCUT2D eigenvalue weighted by atomic mass is 9.81. The number of anilines is 1. The van der Waals surface area contributed by atoms with E-state index in [4.69, 9.17) is 10.5 Å². The molecule has 0 aromatic heterocycles. The summed E-state index contributed by atoms with van der Waals surface area (Å²) in [6.45, 7) is 14.5. The molecule has 0 bridgehead atoms. The molecule has 0 amide bonds. The van der Waals surface area contributed by atoms with Crippen molar-refractivity contribution >= 4 is 17.0 Å². The zero-order valence-corrected chi connectivity index (χ0v) is 24.8. The van der Waals surface area contributed by atoms with E-state index in [2.05, 4.69) is 32.6 Å². The van der Waals surface area contributed by atoms with Gasteiger partial charge in [-0.25, -0.2) is 4.39 Å². The van der Waals surface area contributed by atoms with Crippen molar-refractivity contribution in [3.8, 4) is 5.75 Å². The van der Waals surface area contributed by atoms with Gasteiger partial charge in [0.2, 0.25) is 0 Å². The minimum atomic E-state index is -0.209. The predicted octanol–water partition coefficient (Wildman–Crippen LogP) is 8.33. The summed E-state index contributed by atoms with van der Waals surface area (Å²) in [6.07, 6.45) is 7.29. The van der Waals surface area contributed by atoms with Crippen LogP contribution in [0.1, 0.15) is 102 Å². The van der Waals surface area contributed by atoms with E-state index in [0.717, 1.165) is 60.3 Å². The molecule has 214 valence electrons. The number of Topliss-reactive ketones (excluding diaryl/α,β-unsaturated/α-hetero) is 1. The number of nitrogens with zero attached hydrogens (tertiary/aromatic N) is 1. The Bertz CT molecular complexity index is 1120. The number of nitrogens with two attached hydrogens (primary N) is 1. The predicted molar refractivity (Wildman–Crippen MR) is 162 cm³/mol. The van der Waals surface area contributed by atoms with Crippen molar-refractivity contribution in [2.45, 2.75) is 91.9 Å². The molecule has 3 rings (SSSR count). The number of likely N-dealkylation sites (tertiary alicyclic amines) is 1. The fourth-order valence-electron chi connectivity index (χ4n) is 5.70. The highest BCUT2D eigenvalue weighted by molar-refractivity contribution is 5.86. The molecule has 0 saturated carbocycles. The number of hydrogen-bond donors (Lipinski definition) is 1. The molecule has 0 aliphatic carbocycles. The fourth-order valence-corrected chi connectivity index (χ4v) is 5.70. The van der Waals surface area contributed by atoms with Crippen molar-refractivity contribution in [3.05, 3.63) is 64.5 Å². The standard InChI is InChI=1S/C34H49FN2O2/c1-6-30(27-13-15-33(35)25(4)21-27)31(22-28(38)12-9-11-24(2)3)26(5)32-23-29(14-16-34(32)36)39-20-10-19-37-17-7-8-18-37/h13-16,21,23-24,30H,6-12,17-20,22,36H2,1-5H3/b31-26-. The molecule has 2 aromatic rings. The summed E-state index contributed by atoms with van der Waals surface area (Å²) in [5.74, 6) is 1.42. The van der Waals surface area contributed by atoms with Gasteiger partial charge in [0.25, 0.3) is 0 Å². The lowest BCUT2D eigenvalue weighted by Crippen LogP contribution is -2.21. The quantitative estimate of drug-likeness (QED) is 0.184. The third kappa shape index (κ3) is 9.20. The first-order valence-corrected chi connectivity index (χ1v) is 14.9. The van der Waals surface area contributed by atoms with E-state index in [-0.39, 0.29) is 17.5 Å². The summed E-state index contributed by atoms with van der Waals surface area (Å²) < 4.78 is 20.3. The molecular formula is C34H49FN2O2. The highest BCUT2D eigenvalue weighted by Gasteiger charge is 2.22. The van der Waals surface area contributed by atoms with Gasteiger partial charge >= 0.3 is 0 Å². The van der Waals surface area contributed by atoms with Gasteiger partial charge in [-0.1, -0.05) is 44.9 Å². The monoisotopic (exact) mass is 536 g/mol. The highest BCUT2D eigenvalue weighted by atomic mass is 19.1. The summed E-state index contributed by atoms with van der Waals surface area (Å²) in [5.41, 5.74) is 11.8. The molecule has 1 unspecified atom stereocenters. The normalized spacial score (nSPS) is 15.5. The topological polar surface area (TPSA) is 55.6 Å². The third-order valence-electron chi connectivity index (χ3n) is 8.03. The molecule has 1 aliphatic rings. The van der Waals surface area contributed by atoms with Crippen molar-refractivity contribution < 1.29 is 13.9 Å². The number of hydrogen-bond acceptors (Lipinski definition) is 4. The van der Waals surface area contributed by atoms with Crippen LogP contribution in [-0.2, 0) is 4.79 Å². The smallest absolute Gasteiger partial charge is 0.136 e. The van der Waals surface area contributed by atoms with Gasteiger partial charge in [0.05, 0.1) is 6.61 Å². The van der Waals surface area contributed by atoms with Gasteiger partial charge in [-0.05, 0) is 106 Å². The highest BCUT2D eigenvalue weighted by Crippen LogP contribution is 2.39. The Hall–Kier alpha value is -2.66. The number of carbonyl (C=O) groups excluding carboxylic acids is 1. The third-order valence-corrected chi connectivity index (χ3v) is 8.03. The van der Waals surface area contributed by atoms with Crippen LogP contribution in [0.15, 0.2) is 42.0 Å². The first kappa shape index (κ1) is 30.9. The zero-order chi connectivity index (χ0) is 28.4. The average Bonchev–Trinajstić information content (AvgIpc) is 3.42. The number of allylic oxidation sites excluding steroid dienone is 2. The first-order chi connectivity index (χ1) is 18.7. The molecule has 2 aromatic carbocycles. The van der Waals surface area contributed by atoms with E-state index in [9.17, 15) is 9.18 Å². The Morgan fingerprint density at radius 3 is 2.51 bits per heavy atom. The number of ether oxygens (including phenoxy) is 1. The zero-order valence-electron chi connectivity index (χ0n) is 24.8. The summed E-state index contributed by atoms with van der Waals surface area (Å²) in [7, 11) is 0. The Kier molecular flexibility index (Phi) is 12.0. The molecule has 0 spiro atoms. The molecule has 1 atom stereocenters. The van der Waals surface area contributed by atoms with Crippen molar-refractivity contribution in [2.75, 3.05) is 32.0 Å². The number of ketones is 1. The molecule has 39 heavy (non-hydrogen) atoms. The molecule has 1 aliphatic heterocycles. The van der Waals surface area contributed by atoms with Crippen molar-refractivity contribution in [3.63, 3.8) is 0 Å². The molecule has 1 saturated heterocycles. The SMILES string of the molecule is CCC(/C(CC(=O)CCCC(C)C)=C(/C)c1cc(OCCCN2CCCC2)ccc1N)c1ccc(F)c(C)c1. The Labute approximate surface area is 235 Å². The first-order valence-electron chi connectivity index (χ1n) is 14.9. The molecule has 1 fully saturated rings. The van der Waals surface area contributed by atoms with Gasteiger partial charge in [-0.3, -0.25) is 4.79 Å². The van der Waals surface area contributed by atoms with Crippen LogP contribution in [0, 0.1) is 18.7 Å². The molecular weight excluding hydrogens is 487 g/mol. The van der Waals surface area contributed by atoms with Crippen LogP contribution in [-0.4, -0.2) is 36.9 Å². The lowest BCUT2D eigenvalue weighted by molar-refractivity contribution is -0.118. The second-order valence-electron chi connectivity index (χ2n) is 11.6. The van der Waals surface area contributed by atoms with Crippen LogP contribution in [0.3, 0.4) is 0 Å². The van der Waals surface area contributed by atoms with Crippen LogP contribution in [0.4, 0.5) is 10.1 Å². The average molecular weight is 537 g/mol. The van der Waals surface area contributed by atoms with Gasteiger partial charge < -0.3 is 15.4 Å². The second-order valence-corrected chi connectivity index (χ2v) is 11.6. The molecule has 5 heteroatoms. The van der Waals surface area contributed by atoms with Gasteiger partial charge in [0.1, 0.15) is 17.3 Å². The number of rotatable bonds is 15. The minimum absolute atomic E-state index is 0.00258. The van der Waals surface area contributed by atoms with Gasteiger partial charge in [0.15, 0.2) is 0 Å². The summed E-state index contributed by atoms with van der Waals surface area (Å²) in [4.78, 5) is 15.7. The number of nitrogen functional groups attached to an aromatic ring is 1. The van der Waals surface area contributed by atoms with Crippen molar-refractivity contribution in [1.29, 1.82) is 0 Å². The van der Waals surface area contributed by atoms with Gasteiger partial charge in [-0.2, -0.15) is 0 Å². The number of halogens is 1. The number of carbonyl (C=O) groups is 1. The fraction of sp³-hybridized carbons (Fsp3) is 0.559. The van der Waals surface area contributed by atoms with Crippen LogP contribution in [0.2, 0.25) is 0 Å². The minimum Gasteiger partial charge on any atom is -0.494 e. The molecule has 0 radical (unpaired) electrons. The van der Waals surface area contributed by atoms with Crippen molar-refractivity contribution in [2.24, 2.45) is 5.92 Å². The van der Waals surface area contributed by atoms with E-state index < -0.39 is 0 Å². The maximum Gasteiger partial charge on any atom is 0.136 e. The van der Waals surface area contributed by atoms with Crippen LogP contribution >= 0.6 is 0 Å². The maximum absolute atomic E-state index is 14.1. The van der Waals surface area contributed by atoms with E-state index >= 15 is 0 Å². The van der Waals surface area contributed by atoms with Crippen LogP contribution in [0.25, 0.3) is 5.57 Å².